The van der Waals surface area contributed by atoms with Gasteiger partial charge in [-0.3, -0.25) is 0 Å². The first kappa shape index (κ1) is 32.0. The number of carbonyl (C=O) groups excluding carboxylic acids is 3. The third-order valence-electron chi connectivity index (χ3n) is 6.88. The first-order valence-electron chi connectivity index (χ1n) is 14.5. The van der Waals surface area contributed by atoms with E-state index >= 15 is 0 Å². The van der Waals surface area contributed by atoms with Gasteiger partial charge in [-0.25, -0.2) is 14.4 Å². The highest BCUT2D eigenvalue weighted by Crippen LogP contribution is 2.26. The zero-order valence-electron chi connectivity index (χ0n) is 25.1. The minimum absolute atomic E-state index is 0.00423. The van der Waals surface area contributed by atoms with E-state index in [4.69, 9.17) is 14.2 Å². The minimum Gasteiger partial charge on any atom is -0.493 e. The molecule has 0 aliphatic heterocycles. The van der Waals surface area contributed by atoms with Gasteiger partial charge in [-0.1, -0.05) is 98.8 Å². The van der Waals surface area contributed by atoms with Crippen LogP contribution in [0.15, 0.2) is 97.1 Å². The molecule has 2 N–H and O–H groups in total. The molecule has 0 radical (unpaired) electrons. The molecule has 0 aliphatic carbocycles. The van der Waals surface area contributed by atoms with Gasteiger partial charge in [0.2, 0.25) is 0 Å². The summed E-state index contributed by atoms with van der Waals surface area (Å²) in [6, 6.07) is 27.8. The lowest BCUT2D eigenvalue weighted by Gasteiger charge is -2.28. The van der Waals surface area contributed by atoms with Crippen LogP contribution in [0.2, 0.25) is 0 Å². The van der Waals surface area contributed by atoms with Crippen LogP contribution in [-0.2, 0) is 27.4 Å². The highest BCUT2D eigenvalue weighted by atomic mass is 16.6. The summed E-state index contributed by atoms with van der Waals surface area (Å²) in [4.78, 5) is 41.1. The number of fused-ring (bicyclic) bond motifs is 1. The Morgan fingerprint density at radius 3 is 2.14 bits per heavy atom. The highest BCUT2D eigenvalue weighted by Gasteiger charge is 2.30. The van der Waals surface area contributed by atoms with Crippen LogP contribution in [0.5, 0.6) is 11.5 Å². The smallest absolute Gasteiger partial charge is 0.337 e. The summed E-state index contributed by atoms with van der Waals surface area (Å²) in [7, 11) is 1.47. The van der Waals surface area contributed by atoms with E-state index in [2.05, 4.69) is 5.32 Å². The molecule has 1 unspecified atom stereocenters. The summed E-state index contributed by atoms with van der Waals surface area (Å²) in [6.07, 6.45) is -1.44. The molecule has 9 nitrogen and oxygen atoms in total. The predicted octanol–water partition coefficient (Wildman–Crippen LogP) is 5.14. The van der Waals surface area contributed by atoms with Crippen molar-refractivity contribution in [2.75, 3.05) is 20.2 Å². The van der Waals surface area contributed by atoms with Crippen molar-refractivity contribution in [2.45, 2.75) is 39.0 Å². The third-order valence-corrected chi connectivity index (χ3v) is 6.88. The van der Waals surface area contributed by atoms with Crippen molar-refractivity contribution in [1.29, 1.82) is 0 Å². The first-order chi connectivity index (χ1) is 21.2. The maximum Gasteiger partial charge on any atom is 0.337 e. The zero-order chi connectivity index (χ0) is 31.5. The number of urea groups is 1. The van der Waals surface area contributed by atoms with E-state index in [1.165, 1.54) is 12.0 Å². The second kappa shape index (κ2) is 15.5. The number of carbonyl (C=O) groups is 3. The molecule has 4 aromatic carbocycles. The fourth-order valence-electron chi connectivity index (χ4n) is 4.71. The quantitative estimate of drug-likeness (QED) is 0.162. The molecule has 4 aromatic rings. The van der Waals surface area contributed by atoms with Crippen LogP contribution >= 0.6 is 0 Å². The van der Waals surface area contributed by atoms with Crippen LogP contribution < -0.4 is 14.8 Å². The predicted molar refractivity (Wildman–Crippen MR) is 167 cm³/mol. The largest absolute Gasteiger partial charge is 0.493 e. The Kier molecular flexibility index (Phi) is 11.3. The van der Waals surface area contributed by atoms with E-state index in [-0.39, 0.29) is 37.8 Å². The summed E-state index contributed by atoms with van der Waals surface area (Å²) in [6.45, 7) is 3.71. The molecule has 0 aromatic heterocycles. The number of methoxy groups -OCH3 is 1. The SMILES string of the molecule is COc1ccccc1OC(=O)[C@H](Cc1ccc2ccccc2c1)NC(=O)N(CC(C)C)CC(O)C(=O)OCc1ccccc1. The Balaban J connectivity index is 1.51. The van der Waals surface area contributed by atoms with Gasteiger partial charge in [-0.05, 0) is 39.9 Å². The summed E-state index contributed by atoms with van der Waals surface area (Å²) in [5.41, 5.74) is 1.58. The Bertz CT molecular complexity index is 1560. The standard InChI is InChI=1S/C35H38N2O7/c1-24(2)21-37(22-30(38)34(40)43-23-25-11-5-4-6-12-25)35(41)36-29(33(39)44-32-16-10-9-15-31(32)42-3)20-26-17-18-27-13-7-8-14-28(27)19-26/h4-19,24,29-30,38H,20-23H2,1-3H3,(H,36,41)/t29-,30?/m0/s1. The number of benzene rings is 4. The van der Waals surface area contributed by atoms with Crippen molar-refractivity contribution >= 4 is 28.7 Å². The van der Waals surface area contributed by atoms with Crippen molar-refractivity contribution < 1.29 is 33.7 Å². The van der Waals surface area contributed by atoms with Crippen LogP contribution in [0.25, 0.3) is 10.8 Å². The van der Waals surface area contributed by atoms with Crippen molar-refractivity contribution in [1.82, 2.24) is 10.2 Å². The Morgan fingerprint density at radius 2 is 1.43 bits per heavy atom. The summed E-state index contributed by atoms with van der Waals surface area (Å²) < 4.78 is 16.3. The van der Waals surface area contributed by atoms with E-state index in [0.717, 1.165) is 21.9 Å². The molecular formula is C35H38N2O7. The zero-order valence-corrected chi connectivity index (χ0v) is 25.1. The van der Waals surface area contributed by atoms with E-state index in [0.29, 0.717) is 5.75 Å². The molecule has 0 heterocycles. The lowest BCUT2D eigenvalue weighted by atomic mass is 10.0. The normalized spacial score (nSPS) is 12.3. The third kappa shape index (κ3) is 9.05. The number of hydrogen-bond acceptors (Lipinski definition) is 7. The Morgan fingerprint density at radius 1 is 0.773 bits per heavy atom. The van der Waals surface area contributed by atoms with Gasteiger partial charge in [-0.2, -0.15) is 0 Å². The molecule has 0 spiro atoms. The number of nitrogens with zero attached hydrogens (tertiary/aromatic N) is 1. The van der Waals surface area contributed by atoms with Gasteiger partial charge in [0.1, 0.15) is 12.6 Å². The van der Waals surface area contributed by atoms with Gasteiger partial charge in [0.05, 0.1) is 13.7 Å². The van der Waals surface area contributed by atoms with Gasteiger partial charge in [-0.15, -0.1) is 0 Å². The van der Waals surface area contributed by atoms with Gasteiger partial charge >= 0.3 is 18.0 Å². The molecule has 44 heavy (non-hydrogen) atoms. The molecule has 0 bridgehead atoms. The number of aliphatic hydroxyl groups is 1. The van der Waals surface area contributed by atoms with Crippen LogP contribution in [-0.4, -0.2) is 60.3 Å². The molecule has 230 valence electrons. The molecule has 0 aliphatic rings. The van der Waals surface area contributed by atoms with E-state index < -0.39 is 30.1 Å². The molecule has 9 heteroatoms. The second-order valence-electron chi connectivity index (χ2n) is 10.9. The molecule has 0 saturated heterocycles. The van der Waals surface area contributed by atoms with E-state index in [1.807, 2.05) is 74.5 Å². The second-order valence-corrected chi connectivity index (χ2v) is 10.9. The summed E-state index contributed by atoms with van der Waals surface area (Å²) >= 11 is 0. The maximum atomic E-state index is 13.6. The number of rotatable bonds is 13. The molecule has 4 rings (SSSR count). The lowest BCUT2D eigenvalue weighted by molar-refractivity contribution is -0.155. The number of aliphatic hydroxyl groups excluding tert-OH is 1. The Labute approximate surface area is 257 Å². The van der Waals surface area contributed by atoms with Gasteiger partial charge < -0.3 is 29.5 Å². The van der Waals surface area contributed by atoms with Crippen LogP contribution in [0, 0.1) is 5.92 Å². The average molecular weight is 599 g/mol. The summed E-state index contributed by atoms with van der Waals surface area (Å²) in [5, 5.41) is 15.5. The van der Waals surface area contributed by atoms with Crippen molar-refractivity contribution in [3.63, 3.8) is 0 Å². The number of amides is 2. The van der Waals surface area contributed by atoms with E-state index in [1.54, 1.807) is 36.4 Å². The topological polar surface area (TPSA) is 114 Å². The van der Waals surface area contributed by atoms with Crippen LogP contribution in [0.4, 0.5) is 4.79 Å². The van der Waals surface area contributed by atoms with Crippen molar-refractivity contribution in [3.8, 4) is 11.5 Å². The molecule has 2 atom stereocenters. The van der Waals surface area contributed by atoms with Crippen LogP contribution in [0.3, 0.4) is 0 Å². The number of para-hydroxylation sites is 2. The van der Waals surface area contributed by atoms with Gasteiger partial charge in [0.25, 0.3) is 0 Å². The van der Waals surface area contributed by atoms with Crippen LogP contribution in [0.1, 0.15) is 25.0 Å². The number of nitrogens with one attached hydrogen (secondary N) is 1. The van der Waals surface area contributed by atoms with Gasteiger partial charge in [0, 0.05) is 13.0 Å². The molecule has 0 fully saturated rings. The maximum absolute atomic E-state index is 13.6. The average Bonchev–Trinajstić information content (AvgIpc) is 3.03. The first-order valence-corrected chi connectivity index (χ1v) is 14.5. The molecule has 2 amide bonds. The Hall–Kier alpha value is -4.89. The number of ether oxygens (including phenoxy) is 3. The minimum atomic E-state index is -1.58. The molecular weight excluding hydrogens is 560 g/mol. The number of esters is 2. The van der Waals surface area contributed by atoms with Crippen molar-refractivity contribution in [2.24, 2.45) is 5.92 Å². The monoisotopic (exact) mass is 598 g/mol. The fraction of sp³-hybridized carbons (Fsp3) is 0.286. The fourth-order valence-corrected chi connectivity index (χ4v) is 4.71. The number of hydrogen-bond donors (Lipinski definition) is 2. The molecule has 0 saturated carbocycles. The lowest BCUT2D eigenvalue weighted by Crippen LogP contribution is -2.53. The highest BCUT2D eigenvalue weighted by molar-refractivity contribution is 5.87. The van der Waals surface area contributed by atoms with Gasteiger partial charge in [0.15, 0.2) is 17.6 Å². The van der Waals surface area contributed by atoms with Crippen molar-refractivity contribution in [3.05, 3.63) is 108 Å². The summed E-state index contributed by atoms with van der Waals surface area (Å²) in [5.74, 6) is -0.946. The van der Waals surface area contributed by atoms with E-state index in [9.17, 15) is 19.5 Å².